The summed E-state index contributed by atoms with van der Waals surface area (Å²) in [5.41, 5.74) is 0.495. The van der Waals surface area contributed by atoms with Gasteiger partial charge in [0.25, 0.3) is 0 Å². The van der Waals surface area contributed by atoms with Crippen molar-refractivity contribution in [3.05, 3.63) is 64.7 Å². The zero-order valence-electron chi connectivity index (χ0n) is 14.7. The number of rotatable bonds is 6. The Morgan fingerprint density at radius 1 is 1.19 bits per heavy atom. The van der Waals surface area contributed by atoms with Crippen LogP contribution in [0, 0.1) is 0 Å². The molecule has 0 atom stereocenters. The molecule has 0 aliphatic carbocycles. The minimum Gasteiger partial charge on any atom is -0.506 e. The highest BCUT2D eigenvalue weighted by molar-refractivity contribution is 7.90. The van der Waals surface area contributed by atoms with E-state index in [1.165, 1.54) is 24.3 Å². The van der Waals surface area contributed by atoms with Crippen molar-refractivity contribution in [1.82, 2.24) is 0 Å². The number of aliphatic imine (C=N–C) groups is 1. The molecule has 2 rings (SSSR count). The molecule has 2 aromatic rings. The number of aliphatic hydroxyl groups is 1. The number of sulfone groups is 1. The van der Waals surface area contributed by atoms with Crippen LogP contribution in [-0.2, 0) is 19.4 Å². The van der Waals surface area contributed by atoms with E-state index in [0.717, 1.165) is 12.5 Å². The first-order valence-corrected chi connectivity index (χ1v) is 10.2. The van der Waals surface area contributed by atoms with E-state index in [1.54, 1.807) is 31.2 Å². The molecule has 0 heterocycles. The van der Waals surface area contributed by atoms with Crippen LogP contribution < -0.4 is 0 Å². The maximum atomic E-state index is 12.2. The first-order valence-electron chi connectivity index (χ1n) is 7.93. The van der Waals surface area contributed by atoms with Gasteiger partial charge in [-0.15, -0.1) is 0 Å². The highest BCUT2D eigenvalue weighted by Gasteiger charge is 2.18. The minimum absolute atomic E-state index is 0.120. The van der Waals surface area contributed by atoms with Gasteiger partial charge in [0.2, 0.25) is 0 Å². The van der Waals surface area contributed by atoms with Crippen molar-refractivity contribution in [2.24, 2.45) is 4.99 Å². The summed E-state index contributed by atoms with van der Waals surface area (Å²) >= 11 is 6.07. The summed E-state index contributed by atoms with van der Waals surface area (Å²) in [6.07, 6.45) is 2.26. The lowest BCUT2D eigenvalue weighted by Crippen LogP contribution is -2.11. The molecular formula is C19H18ClNO5S. The van der Waals surface area contributed by atoms with Crippen LogP contribution in [0.25, 0.3) is 5.76 Å². The second kappa shape index (κ2) is 8.83. The van der Waals surface area contributed by atoms with Gasteiger partial charge >= 0.3 is 5.97 Å². The lowest BCUT2D eigenvalue weighted by Gasteiger charge is -2.08. The maximum absolute atomic E-state index is 12.2. The molecule has 0 radical (unpaired) electrons. The van der Waals surface area contributed by atoms with Gasteiger partial charge in [-0.3, -0.25) is 4.99 Å². The third kappa shape index (κ3) is 5.42. The SMILES string of the molecule is CCOC(=O)C(C=Nc1ccc(S(C)(=O)=O)cc1)=C(O)c1ccccc1Cl. The third-order valence-corrected chi connectivity index (χ3v) is 4.95. The number of benzene rings is 2. The van der Waals surface area contributed by atoms with Crippen molar-refractivity contribution in [1.29, 1.82) is 0 Å². The van der Waals surface area contributed by atoms with Crippen molar-refractivity contribution >= 4 is 45.1 Å². The molecule has 27 heavy (non-hydrogen) atoms. The Morgan fingerprint density at radius 3 is 2.37 bits per heavy atom. The molecule has 0 aliphatic rings. The molecule has 2 aromatic carbocycles. The van der Waals surface area contributed by atoms with E-state index in [4.69, 9.17) is 16.3 Å². The molecule has 6 nitrogen and oxygen atoms in total. The van der Waals surface area contributed by atoms with Crippen LogP contribution in [0.2, 0.25) is 5.02 Å². The highest BCUT2D eigenvalue weighted by Crippen LogP contribution is 2.25. The molecule has 0 aliphatic heterocycles. The van der Waals surface area contributed by atoms with Crippen molar-refractivity contribution < 1.29 is 23.1 Å². The molecule has 0 spiro atoms. The fourth-order valence-electron chi connectivity index (χ4n) is 2.14. The number of aliphatic hydroxyl groups excluding tert-OH is 1. The number of hydrogen-bond donors (Lipinski definition) is 1. The van der Waals surface area contributed by atoms with Crippen LogP contribution in [-0.4, -0.2) is 38.6 Å². The summed E-state index contributed by atoms with van der Waals surface area (Å²) in [7, 11) is -3.32. The molecule has 0 fully saturated rings. The quantitative estimate of drug-likeness (QED) is 0.338. The first kappa shape index (κ1) is 20.7. The van der Waals surface area contributed by atoms with Crippen LogP contribution in [0.3, 0.4) is 0 Å². The second-order valence-corrected chi connectivity index (χ2v) is 7.91. The third-order valence-electron chi connectivity index (χ3n) is 3.49. The molecule has 0 saturated carbocycles. The molecule has 0 saturated heterocycles. The van der Waals surface area contributed by atoms with Crippen LogP contribution in [0.5, 0.6) is 0 Å². The van der Waals surface area contributed by atoms with Crippen LogP contribution in [0.4, 0.5) is 5.69 Å². The van der Waals surface area contributed by atoms with Crippen molar-refractivity contribution in [2.45, 2.75) is 11.8 Å². The normalized spacial score (nSPS) is 12.7. The van der Waals surface area contributed by atoms with Gasteiger partial charge in [0.1, 0.15) is 11.3 Å². The van der Waals surface area contributed by atoms with Gasteiger partial charge in [-0.05, 0) is 43.3 Å². The Kier molecular flexibility index (Phi) is 6.76. The Bertz CT molecular complexity index is 995. The zero-order valence-corrected chi connectivity index (χ0v) is 16.3. The van der Waals surface area contributed by atoms with Crippen molar-refractivity contribution in [3.63, 3.8) is 0 Å². The first-order chi connectivity index (χ1) is 12.7. The van der Waals surface area contributed by atoms with E-state index < -0.39 is 15.8 Å². The van der Waals surface area contributed by atoms with E-state index in [9.17, 15) is 18.3 Å². The monoisotopic (exact) mass is 407 g/mol. The molecule has 142 valence electrons. The fourth-order valence-corrected chi connectivity index (χ4v) is 2.99. The number of esters is 1. The Hall–Kier alpha value is -2.64. The van der Waals surface area contributed by atoms with Gasteiger partial charge in [-0.2, -0.15) is 0 Å². The summed E-state index contributed by atoms with van der Waals surface area (Å²) in [5.74, 6) is -1.12. The summed E-state index contributed by atoms with van der Waals surface area (Å²) < 4.78 is 28.0. The van der Waals surface area contributed by atoms with Gasteiger partial charge in [-0.1, -0.05) is 23.7 Å². The topological polar surface area (TPSA) is 93.0 Å². The van der Waals surface area contributed by atoms with E-state index in [1.807, 2.05) is 0 Å². The summed E-state index contributed by atoms with van der Waals surface area (Å²) in [4.78, 5) is 16.5. The minimum atomic E-state index is -3.32. The summed E-state index contributed by atoms with van der Waals surface area (Å²) in [5, 5.41) is 10.8. The van der Waals surface area contributed by atoms with E-state index in [-0.39, 0.29) is 33.4 Å². The average Bonchev–Trinajstić information content (AvgIpc) is 2.62. The molecule has 0 amide bonds. The van der Waals surface area contributed by atoms with Crippen LogP contribution >= 0.6 is 11.6 Å². The Morgan fingerprint density at radius 2 is 1.81 bits per heavy atom. The largest absolute Gasteiger partial charge is 0.506 e. The lowest BCUT2D eigenvalue weighted by atomic mass is 10.1. The number of halogens is 1. The van der Waals surface area contributed by atoms with Crippen molar-refractivity contribution in [2.75, 3.05) is 12.9 Å². The molecule has 0 unspecified atom stereocenters. The number of hydrogen-bond acceptors (Lipinski definition) is 6. The second-order valence-electron chi connectivity index (χ2n) is 5.49. The van der Waals surface area contributed by atoms with E-state index >= 15 is 0 Å². The molecule has 0 aromatic heterocycles. The van der Waals surface area contributed by atoms with Crippen LogP contribution in [0.15, 0.2) is 64.0 Å². The molecule has 0 bridgehead atoms. The smallest absolute Gasteiger partial charge is 0.343 e. The Balaban J connectivity index is 2.44. The van der Waals surface area contributed by atoms with Gasteiger partial charge in [0.05, 0.1) is 22.2 Å². The van der Waals surface area contributed by atoms with Gasteiger partial charge in [0, 0.05) is 18.0 Å². The summed E-state index contributed by atoms with van der Waals surface area (Å²) in [6, 6.07) is 12.3. The predicted molar refractivity (Wildman–Crippen MR) is 105 cm³/mol. The number of carbonyl (C=O) groups is 1. The average molecular weight is 408 g/mol. The number of ether oxygens (including phenoxy) is 1. The van der Waals surface area contributed by atoms with Gasteiger partial charge in [-0.25, -0.2) is 13.2 Å². The molecule has 1 N–H and O–H groups in total. The van der Waals surface area contributed by atoms with Gasteiger partial charge < -0.3 is 9.84 Å². The van der Waals surface area contributed by atoms with E-state index in [2.05, 4.69) is 4.99 Å². The lowest BCUT2D eigenvalue weighted by molar-refractivity contribution is -0.137. The molecule has 8 heteroatoms. The Labute approximate surface area is 162 Å². The van der Waals surface area contributed by atoms with Crippen LogP contribution in [0.1, 0.15) is 12.5 Å². The fraction of sp³-hybridized carbons (Fsp3) is 0.158. The maximum Gasteiger partial charge on any atom is 0.343 e. The zero-order chi connectivity index (χ0) is 20.0. The molecular weight excluding hydrogens is 390 g/mol. The van der Waals surface area contributed by atoms with E-state index in [0.29, 0.717) is 5.69 Å². The summed E-state index contributed by atoms with van der Waals surface area (Å²) in [6.45, 7) is 1.76. The highest BCUT2D eigenvalue weighted by atomic mass is 35.5. The van der Waals surface area contributed by atoms with Gasteiger partial charge in [0.15, 0.2) is 9.84 Å². The predicted octanol–water partition coefficient (Wildman–Crippen LogP) is 3.98. The standard InChI is InChI=1S/C19H18ClNO5S/c1-3-26-19(23)16(18(22)15-6-4-5-7-17(15)20)12-21-13-8-10-14(11-9-13)27(2,24)25/h4-12,22H,3H2,1-2H3. The van der Waals surface area contributed by atoms with Crippen molar-refractivity contribution in [3.8, 4) is 0 Å². The number of carbonyl (C=O) groups excluding carboxylic acids is 1. The number of nitrogens with zero attached hydrogens (tertiary/aromatic N) is 1.